The third-order valence-corrected chi connectivity index (χ3v) is 3.07. The van der Waals surface area contributed by atoms with Crippen molar-refractivity contribution in [1.29, 1.82) is 0 Å². The molecule has 6 N–H and O–H groups in total. The highest BCUT2D eigenvalue weighted by Gasteiger charge is 2.19. The van der Waals surface area contributed by atoms with Crippen molar-refractivity contribution >= 4 is 11.4 Å². The lowest BCUT2D eigenvalue weighted by atomic mass is 10.2. The summed E-state index contributed by atoms with van der Waals surface area (Å²) in [7, 11) is 0. The molecule has 0 atom stereocenters. The molecule has 0 saturated heterocycles. The van der Waals surface area contributed by atoms with E-state index in [4.69, 9.17) is 30.4 Å². The Morgan fingerprint density at radius 1 is 0.640 bits per heavy atom. The Balaban J connectivity index is 2.14. The van der Waals surface area contributed by atoms with Crippen LogP contribution in [0.1, 0.15) is 0 Å². The SMILES string of the molecule is NCCOCCOCCNc1c(NCCOCOCCN)c(=O)c1=O. The van der Waals surface area contributed by atoms with Crippen LogP contribution in [-0.4, -0.2) is 72.6 Å². The second-order valence-electron chi connectivity index (χ2n) is 5.00. The standard InChI is InChI=1S/C15H28N4O6/c16-1-5-22-9-10-23-7-3-18-12-13(15(21)14(12)20)19-4-8-25-11-24-6-2-17/h18-19H,1-11,16-17H2. The molecule has 0 spiro atoms. The summed E-state index contributed by atoms with van der Waals surface area (Å²) in [6, 6.07) is 0. The van der Waals surface area contributed by atoms with Crippen LogP contribution in [0.2, 0.25) is 0 Å². The number of nitrogens with two attached hydrogens (primary N) is 2. The molecule has 0 aliphatic rings. The Morgan fingerprint density at radius 3 is 1.64 bits per heavy atom. The minimum atomic E-state index is -0.530. The van der Waals surface area contributed by atoms with E-state index in [1.165, 1.54) is 0 Å². The molecule has 0 aliphatic heterocycles. The van der Waals surface area contributed by atoms with E-state index in [1.807, 2.05) is 0 Å². The Labute approximate surface area is 146 Å². The number of hydrogen-bond donors (Lipinski definition) is 4. The fraction of sp³-hybridized carbons (Fsp3) is 0.733. The summed E-state index contributed by atoms with van der Waals surface area (Å²) in [6.07, 6.45) is 0. The molecule has 0 fully saturated rings. The molecule has 10 nitrogen and oxygen atoms in total. The average molecular weight is 360 g/mol. The van der Waals surface area contributed by atoms with Gasteiger partial charge in [-0.2, -0.15) is 0 Å². The predicted molar refractivity (Wildman–Crippen MR) is 94.9 cm³/mol. The van der Waals surface area contributed by atoms with Crippen molar-refractivity contribution in [2.75, 3.05) is 83.2 Å². The van der Waals surface area contributed by atoms with Gasteiger partial charge in [0.1, 0.15) is 18.2 Å². The monoisotopic (exact) mass is 360 g/mol. The number of hydrogen-bond acceptors (Lipinski definition) is 10. The first-order valence-corrected chi connectivity index (χ1v) is 8.24. The molecular weight excluding hydrogens is 332 g/mol. The maximum atomic E-state index is 11.6. The van der Waals surface area contributed by atoms with Gasteiger partial charge in [-0.15, -0.1) is 0 Å². The molecule has 1 aromatic carbocycles. The maximum Gasteiger partial charge on any atom is 0.253 e. The lowest BCUT2D eigenvalue weighted by Crippen LogP contribution is -2.38. The highest BCUT2D eigenvalue weighted by molar-refractivity contribution is 5.73. The first-order chi connectivity index (χ1) is 12.2. The summed E-state index contributed by atoms with van der Waals surface area (Å²) in [5.74, 6) is 0. The van der Waals surface area contributed by atoms with Crippen molar-refractivity contribution in [3.63, 3.8) is 0 Å². The number of rotatable bonds is 17. The van der Waals surface area contributed by atoms with E-state index in [0.29, 0.717) is 65.8 Å². The van der Waals surface area contributed by atoms with E-state index in [1.54, 1.807) is 0 Å². The normalized spacial score (nSPS) is 11.1. The van der Waals surface area contributed by atoms with Crippen LogP contribution in [0.25, 0.3) is 0 Å². The van der Waals surface area contributed by atoms with E-state index in [2.05, 4.69) is 10.6 Å². The molecular formula is C15H28N4O6. The molecule has 0 saturated carbocycles. The lowest BCUT2D eigenvalue weighted by Gasteiger charge is -2.15. The van der Waals surface area contributed by atoms with E-state index in [0.717, 1.165) is 0 Å². The lowest BCUT2D eigenvalue weighted by molar-refractivity contribution is -0.0474. The number of nitrogens with one attached hydrogen (secondary N) is 2. The van der Waals surface area contributed by atoms with Gasteiger partial charge in [0.05, 0.1) is 39.6 Å². The number of ether oxygens (including phenoxy) is 4. The fourth-order valence-corrected chi connectivity index (χ4v) is 1.89. The van der Waals surface area contributed by atoms with E-state index >= 15 is 0 Å². The molecule has 25 heavy (non-hydrogen) atoms. The van der Waals surface area contributed by atoms with Crippen LogP contribution in [0.15, 0.2) is 9.59 Å². The van der Waals surface area contributed by atoms with Gasteiger partial charge < -0.3 is 41.0 Å². The van der Waals surface area contributed by atoms with Crippen molar-refractivity contribution in [3.8, 4) is 0 Å². The van der Waals surface area contributed by atoms with Crippen LogP contribution in [-0.2, 0) is 18.9 Å². The Hall–Kier alpha value is -1.56. The summed E-state index contributed by atoms with van der Waals surface area (Å²) < 4.78 is 20.7. The van der Waals surface area contributed by atoms with Gasteiger partial charge in [0.2, 0.25) is 0 Å². The molecule has 1 rings (SSSR count). The first kappa shape index (κ1) is 21.5. The third kappa shape index (κ3) is 8.38. The number of anilines is 2. The van der Waals surface area contributed by atoms with E-state index in [-0.39, 0.29) is 18.2 Å². The van der Waals surface area contributed by atoms with E-state index < -0.39 is 10.9 Å². The third-order valence-electron chi connectivity index (χ3n) is 3.07. The summed E-state index contributed by atoms with van der Waals surface area (Å²) >= 11 is 0. The van der Waals surface area contributed by atoms with Crippen molar-refractivity contribution in [3.05, 3.63) is 20.4 Å². The molecule has 0 amide bonds. The van der Waals surface area contributed by atoms with Gasteiger partial charge in [-0.25, -0.2) is 0 Å². The fourth-order valence-electron chi connectivity index (χ4n) is 1.89. The minimum Gasteiger partial charge on any atom is -0.378 e. The predicted octanol–water partition coefficient (Wildman–Crippen LogP) is -1.95. The summed E-state index contributed by atoms with van der Waals surface area (Å²) in [5, 5.41) is 5.79. The minimum absolute atomic E-state index is 0.141. The van der Waals surface area contributed by atoms with Gasteiger partial charge >= 0.3 is 0 Å². The maximum absolute atomic E-state index is 11.6. The van der Waals surface area contributed by atoms with Gasteiger partial charge in [0.15, 0.2) is 0 Å². The van der Waals surface area contributed by atoms with Crippen LogP contribution < -0.4 is 33.0 Å². The van der Waals surface area contributed by atoms with Crippen LogP contribution in [0.5, 0.6) is 0 Å². The van der Waals surface area contributed by atoms with Gasteiger partial charge in [-0.05, 0) is 0 Å². The second-order valence-corrected chi connectivity index (χ2v) is 5.00. The Morgan fingerprint density at radius 2 is 1.08 bits per heavy atom. The van der Waals surface area contributed by atoms with Crippen LogP contribution in [0.3, 0.4) is 0 Å². The highest BCUT2D eigenvalue weighted by Crippen LogP contribution is 2.13. The highest BCUT2D eigenvalue weighted by atomic mass is 16.7. The van der Waals surface area contributed by atoms with Crippen molar-refractivity contribution < 1.29 is 18.9 Å². The first-order valence-electron chi connectivity index (χ1n) is 8.24. The van der Waals surface area contributed by atoms with Gasteiger partial charge in [0.25, 0.3) is 10.9 Å². The molecule has 0 aliphatic carbocycles. The largest absolute Gasteiger partial charge is 0.378 e. The molecule has 0 bridgehead atoms. The molecule has 0 radical (unpaired) electrons. The Bertz CT molecular complexity index is 532. The smallest absolute Gasteiger partial charge is 0.253 e. The second kappa shape index (κ2) is 13.7. The van der Waals surface area contributed by atoms with E-state index in [9.17, 15) is 9.59 Å². The molecule has 1 aromatic rings. The Kier molecular flexibility index (Phi) is 11.8. The van der Waals surface area contributed by atoms with Gasteiger partial charge in [-0.3, -0.25) is 9.59 Å². The van der Waals surface area contributed by atoms with Crippen molar-refractivity contribution in [1.82, 2.24) is 0 Å². The molecule has 0 heterocycles. The van der Waals surface area contributed by atoms with Gasteiger partial charge in [-0.1, -0.05) is 0 Å². The quantitative estimate of drug-likeness (QED) is 0.140. The van der Waals surface area contributed by atoms with Crippen LogP contribution in [0, 0.1) is 0 Å². The zero-order valence-corrected chi connectivity index (χ0v) is 14.4. The van der Waals surface area contributed by atoms with Crippen molar-refractivity contribution in [2.45, 2.75) is 0 Å². The molecule has 10 heteroatoms. The zero-order valence-electron chi connectivity index (χ0n) is 14.4. The van der Waals surface area contributed by atoms with Gasteiger partial charge in [0, 0.05) is 26.2 Å². The van der Waals surface area contributed by atoms with Crippen LogP contribution >= 0.6 is 0 Å². The summed E-state index contributed by atoms with van der Waals surface area (Å²) in [5.41, 5.74) is 10.1. The average Bonchev–Trinajstić information content (AvgIpc) is 2.63. The van der Waals surface area contributed by atoms with Crippen molar-refractivity contribution in [2.24, 2.45) is 11.5 Å². The molecule has 144 valence electrons. The molecule has 0 unspecified atom stereocenters. The summed E-state index contributed by atoms with van der Waals surface area (Å²) in [6.45, 7) is 4.45. The van der Waals surface area contributed by atoms with Crippen LogP contribution in [0.4, 0.5) is 11.4 Å². The topological polar surface area (TPSA) is 147 Å². The zero-order chi connectivity index (χ0) is 18.3. The summed E-state index contributed by atoms with van der Waals surface area (Å²) in [4.78, 5) is 23.1. The molecule has 0 aromatic heterocycles.